The molecule has 0 aromatic heterocycles. The molecule has 0 radical (unpaired) electrons. The normalized spacial score (nSPS) is 19.7. The Morgan fingerprint density at radius 1 is 0.923 bits per heavy atom. The van der Waals surface area contributed by atoms with Crippen molar-refractivity contribution in [1.29, 1.82) is 0 Å². The van der Waals surface area contributed by atoms with E-state index in [1.54, 1.807) is 0 Å². The number of benzene rings is 2. The largest absolute Gasteiger partial charge is 0.293 e. The van der Waals surface area contributed by atoms with Crippen LogP contribution in [0.15, 0.2) is 58.0 Å². The highest BCUT2D eigenvalue weighted by Gasteiger charge is 2.34. The Bertz CT molecular complexity index is 823. The van der Waals surface area contributed by atoms with Crippen molar-refractivity contribution >= 4 is 38.9 Å². The molecule has 2 aromatic carbocycles. The molecule has 0 unspecified atom stereocenters. The van der Waals surface area contributed by atoms with Gasteiger partial charge in [0.15, 0.2) is 0 Å². The number of anilines is 1. The lowest BCUT2D eigenvalue weighted by Gasteiger charge is -2.26. The Kier molecular flexibility index (Phi) is 5.18. The van der Waals surface area contributed by atoms with Gasteiger partial charge in [-0.2, -0.15) is 0 Å². The molecule has 0 N–H and O–H groups in total. The minimum atomic E-state index is -0.00151. The molecule has 0 atom stereocenters. The molecular formula is C21H22BrN3O. The van der Waals surface area contributed by atoms with Crippen LogP contribution in [0.25, 0.3) is 0 Å². The summed E-state index contributed by atoms with van der Waals surface area (Å²) in [5.74, 6) is -0.00151. The quantitative estimate of drug-likeness (QED) is 0.730. The van der Waals surface area contributed by atoms with Crippen LogP contribution in [-0.4, -0.2) is 36.3 Å². The van der Waals surface area contributed by atoms with Crippen molar-refractivity contribution in [2.75, 3.05) is 24.7 Å². The fraction of sp³-hybridized carbons (Fsp3) is 0.333. The molecule has 2 aliphatic rings. The molecule has 5 heteroatoms. The summed E-state index contributed by atoms with van der Waals surface area (Å²) in [6, 6.07) is 15.7. The first kappa shape index (κ1) is 17.4. The van der Waals surface area contributed by atoms with E-state index in [0.29, 0.717) is 12.4 Å². The molecule has 4 rings (SSSR count). The monoisotopic (exact) mass is 411 g/mol. The molecule has 0 aliphatic carbocycles. The molecule has 0 spiro atoms. The summed E-state index contributed by atoms with van der Waals surface area (Å²) in [4.78, 5) is 22.1. The standard InChI is InChI=1S/C21H22BrN3O/c22-16-9-11-17(12-10-16)23-20-18-7-3-4-8-19(18)25(21(20)26)15-24-13-5-1-2-6-14-24/h3-4,7-12H,1-2,5-6,13-15H2. The molecule has 4 nitrogen and oxygen atoms in total. The van der Waals surface area contributed by atoms with Crippen molar-refractivity contribution in [3.8, 4) is 0 Å². The Morgan fingerprint density at radius 3 is 2.35 bits per heavy atom. The fourth-order valence-electron chi connectivity index (χ4n) is 3.63. The van der Waals surface area contributed by atoms with E-state index in [9.17, 15) is 4.79 Å². The predicted octanol–water partition coefficient (Wildman–Crippen LogP) is 4.75. The van der Waals surface area contributed by atoms with Gasteiger partial charge in [-0.05, 0) is 56.3 Å². The molecule has 0 saturated carbocycles. The molecule has 1 saturated heterocycles. The second-order valence-electron chi connectivity index (χ2n) is 6.86. The van der Waals surface area contributed by atoms with Crippen LogP contribution in [0.4, 0.5) is 11.4 Å². The van der Waals surface area contributed by atoms with Gasteiger partial charge in [0.1, 0.15) is 5.71 Å². The van der Waals surface area contributed by atoms with Gasteiger partial charge in [-0.3, -0.25) is 14.6 Å². The molecule has 2 aliphatic heterocycles. The first-order valence-electron chi connectivity index (χ1n) is 9.20. The van der Waals surface area contributed by atoms with Crippen LogP contribution in [0.1, 0.15) is 31.2 Å². The summed E-state index contributed by atoms with van der Waals surface area (Å²) < 4.78 is 1.00. The average molecular weight is 412 g/mol. The van der Waals surface area contributed by atoms with E-state index in [4.69, 9.17) is 0 Å². The van der Waals surface area contributed by atoms with Gasteiger partial charge in [0.2, 0.25) is 0 Å². The van der Waals surface area contributed by atoms with Gasteiger partial charge in [0, 0.05) is 10.0 Å². The van der Waals surface area contributed by atoms with Crippen molar-refractivity contribution in [2.24, 2.45) is 4.99 Å². The van der Waals surface area contributed by atoms with E-state index in [2.05, 4.69) is 25.8 Å². The summed E-state index contributed by atoms with van der Waals surface area (Å²) in [5.41, 5.74) is 3.23. The van der Waals surface area contributed by atoms with Crippen LogP contribution in [0.3, 0.4) is 0 Å². The number of nitrogens with zero attached hydrogens (tertiary/aromatic N) is 3. The van der Waals surface area contributed by atoms with Crippen LogP contribution in [0, 0.1) is 0 Å². The third kappa shape index (κ3) is 3.60. The van der Waals surface area contributed by atoms with Crippen molar-refractivity contribution in [3.05, 3.63) is 58.6 Å². The van der Waals surface area contributed by atoms with Crippen LogP contribution in [0.2, 0.25) is 0 Å². The summed E-state index contributed by atoms with van der Waals surface area (Å²) in [7, 11) is 0. The lowest BCUT2D eigenvalue weighted by Crippen LogP contribution is -2.41. The van der Waals surface area contributed by atoms with Gasteiger partial charge in [0.25, 0.3) is 5.91 Å². The second-order valence-corrected chi connectivity index (χ2v) is 7.78. The highest BCUT2D eigenvalue weighted by Crippen LogP contribution is 2.31. The molecule has 134 valence electrons. The van der Waals surface area contributed by atoms with Gasteiger partial charge in [-0.25, -0.2) is 4.99 Å². The summed E-state index contributed by atoms with van der Waals surface area (Å²) in [5, 5.41) is 0. The van der Waals surface area contributed by atoms with Gasteiger partial charge in [0.05, 0.1) is 18.0 Å². The first-order valence-corrected chi connectivity index (χ1v) is 9.99. The molecule has 2 aromatic rings. The third-order valence-electron chi connectivity index (χ3n) is 5.01. The number of hydrogen-bond donors (Lipinski definition) is 0. The zero-order valence-corrected chi connectivity index (χ0v) is 16.3. The second kappa shape index (κ2) is 7.72. The minimum Gasteiger partial charge on any atom is -0.293 e. The molecule has 1 amide bonds. The minimum absolute atomic E-state index is 0.00151. The zero-order chi connectivity index (χ0) is 17.9. The zero-order valence-electron chi connectivity index (χ0n) is 14.7. The molecule has 0 bridgehead atoms. The lowest BCUT2D eigenvalue weighted by molar-refractivity contribution is -0.112. The molecule has 1 fully saturated rings. The topological polar surface area (TPSA) is 35.9 Å². The van der Waals surface area contributed by atoms with Crippen molar-refractivity contribution in [2.45, 2.75) is 25.7 Å². The lowest BCUT2D eigenvalue weighted by atomic mass is 10.1. The van der Waals surface area contributed by atoms with E-state index < -0.39 is 0 Å². The maximum absolute atomic E-state index is 13.2. The highest BCUT2D eigenvalue weighted by molar-refractivity contribution is 9.10. The summed E-state index contributed by atoms with van der Waals surface area (Å²) in [6.45, 7) is 2.77. The number of rotatable bonds is 3. The van der Waals surface area contributed by atoms with Gasteiger partial charge in [-0.1, -0.05) is 47.0 Å². The van der Waals surface area contributed by atoms with E-state index in [1.165, 1.54) is 25.7 Å². The van der Waals surface area contributed by atoms with Crippen molar-refractivity contribution in [3.63, 3.8) is 0 Å². The fourth-order valence-corrected chi connectivity index (χ4v) is 3.90. The maximum atomic E-state index is 13.2. The Labute approximate surface area is 162 Å². The SMILES string of the molecule is O=C1C(=Nc2ccc(Br)cc2)c2ccccc2N1CN1CCCCCC1. The van der Waals surface area contributed by atoms with Crippen molar-refractivity contribution < 1.29 is 4.79 Å². The number of carbonyl (C=O) groups excluding carboxylic acids is 1. The van der Waals surface area contributed by atoms with Crippen LogP contribution in [0.5, 0.6) is 0 Å². The Balaban J connectivity index is 1.65. The van der Waals surface area contributed by atoms with Crippen LogP contribution < -0.4 is 4.90 Å². The van der Waals surface area contributed by atoms with Crippen LogP contribution in [-0.2, 0) is 4.79 Å². The van der Waals surface area contributed by atoms with Crippen molar-refractivity contribution in [1.82, 2.24) is 4.90 Å². The molecule has 2 heterocycles. The van der Waals surface area contributed by atoms with E-state index in [1.807, 2.05) is 53.4 Å². The predicted molar refractivity (Wildman–Crippen MR) is 109 cm³/mol. The molecule has 26 heavy (non-hydrogen) atoms. The number of aliphatic imine (C=N–C) groups is 1. The summed E-state index contributed by atoms with van der Waals surface area (Å²) >= 11 is 3.44. The number of fused-ring (bicyclic) bond motifs is 1. The van der Waals surface area contributed by atoms with E-state index >= 15 is 0 Å². The highest BCUT2D eigenvalue weighted by atomic mass is 79.9. The Morgan fingerprint density at radius 2 is 1.62 bits per heavy atom. The molecular weight excluding hydrogens is 390 g/mol. The van der Waals surface area contributed by atoms with Gasteiger partial charge in [-0.15, -0.1) is 0 Å². The maximum Gasteiger partial charge on any atom is 0.278 e. The smallest absolute Gasteiger partial charge is 0.278 e. The van der Waals surface area contributed by atoms with Gasteiger partial charge < -0.3 is 0 Å². The van der Waals surface area contributed by atoms with E-state index in [0.717, 1.165) is 34.5 Å². The number of hydrogen-bond acceptors (Lipinski definition) is 3. The third-order valence-corrected chi connectivity index (χ3v) is 5.53. The summed E-state index contributed by atoms with van der Waals surface area (Å²) in [6.07, 6.45) is 5.00. The number of amides is 1. The number of carbonyl (C=O) groups is 1. The van der Waals surface area contributed by atoms with E-state index in [-0.39, 0.29) is 5.91 Å². The number of para-hydroxylation sites is 1. The average Bonchev–Trinajstić information content (AvgIpc) is 2.83. The Hall–Kier alpha value is -1.98. The first-order chi connectivity index (χ1) is 12.7. The number of halogens is 1. The number of likely N-dealkylation sites (tertiary alicyclic amines) is 1. The van der Waals surface area contributed by atoms with Gasteiger partial charge >= 0.3 is 0 Å². The van der Waals surface area contributed by atoms with Crippen LogP contribution >= 0.6 is 15.9 Å².